The van der Waals surface area contributed by atoms with Crippen LogP contribution in [0, 0.1) is 0 Å². The van der Waals surface area contributed by atoms with E-state index in [9.17, 15) is 9.59 Å². The second-order valence-corrected chi connectivity index (χ2v) is 6.67. The van der Waals surface area contributed by atoms with Gasteiger partial charge in [-0.15, -0.1) is 0 Å². The molecule has 0 aliphatic heterocycles. The Morgan fingerprint density at radius 3 is 2.74 bits per heavy atom. The molecule has 0 fully saturated rings. The van der Waals surface area contributed by atoms with Crippen molar-refractivity contribution in [1.29, 1.82) is 0 Å². The van der Waals surface area contributed by atoms with Crippen LogP contribution >= 0.6 is 11.3 Å². The zero-order valence-corrected chi connectivity index (χ0v) is 15.8. The second-order valence-electron chi connectivity index (χ2n) is 5.89. The maximum absolute atomic E-state index is 12.4. The zero-order valence-electron chi connectivity index (χ0n) is 15.0. The lowest BCUT2D eigenvalue weighted by Gasteiger charge is -2.21. The first-order valence-corrected chi connectivity index (χ1v) is 9.36. The first-order valence-electron chi connectivity index (χ1n) is 8.42. The number of para-hydroxylation sites is 1. The summed E-state index contributed by atoms with van der Waals surface area (Å²) < 4.78 is 10.4. The topological polar surface area (TPSA) is 85.5 Å². The third kappa shape index (κ3) is 4.79. The van der Waals surface area contributed by atoms with Crippen LogP contribution in [0.2, 0.25) is 0 Å². The average Bonchev–Trinajstić information content (AvgIpc) is 3.37. The van der Waals surface area contributed by atoms with Gasteiger partial charge in [0.05, 0.1) is 6.42 Å². The zero-order chi connectivity index (χ0) is 19.2. The average molecular weight is 385 g/mol. The molecule has 3 rings (SSSR count). The fraction of sp³-hybridized carbons (Fsp3) is 0.263. The van der Waals surface area contributed by atoms with E-state index in [1.165, 1.54) is 4.90 Å². The molecular weight excluding hydrogens is 366 g/mol. The van der Waals surface area contributed by atoms with Gasteiger partial charge < -0.3 is 14.2 Å². The van der Waals surface area contributed by atoms with E-state index in [1.54, 1.807) is 25.3 Å². The Morgan fingerprint density at radius 2 is 2.04 bits per heavy atom. The molecule has 1 atom stereocenters. The second kappa shape index (κ2) is 8.59. The molecule has 8 heteroatoms. The molecule has 0 aliphatic carbocycles. The summed E-state index contributed by atoms with van der Waals surface area (Å²) in [6, 6.07) is 11.1. The number of rotatable bonds is 7. The Labute approximate surface area is 160 Å². The highest BCUT2D eigenvalue weighted by Crippen LogP contribution is 2.19. The van der Waals surface area contributed by atoms with Gasteiger partial charge in [0.15, 0.2) is 6.10 Å². The van der Waals surface area contributed by atoms with E-state index >= 15 is 0 Å². The van der Waals surface area contributed by atoms with E-state index in [2.05, 4.69) is 10.1 Å². The Bertz CT molecular complexity index is 893. The minimum Gasteiger partial charge on any atom is -0.453 e. The van der Waals surface area contributed by atoms with E-state index in [0.29, 0.717) is 11.7 Å². The van der Waals surface area contributed by atoms with Gasteiger partial charge in [0.1, 0.15) is 0 Å². The summed E-state index contributed by atoms with van der Waals surface area (Å²) >= 11 is 1.54. The normalized spacial score (nSPS) is 11.8. The molecule has 2 heterocycles. The number of ether oxygens (including phenoxy) is 1. The van der Waals surface area contributed by atoms with Crippen LogP contribution in [-0.4, -0.2) is 35.2 Å². The summed E-state index contributed by atoms with van der Waals surface area (Å²) in [5.41, 5.74) is 1.61. The molecule has 0 saturated carbocycles. The first kappa shape index (κ1) is 18.8. The monoisotopic (exact) mass is 385 g/mol. The first-order chi connectivity index (χ1) is 13.0. The van der Waals surface area contributed by atoms with Crippen LogP contribution in [0.5, 0.6) is 0 Å². The predicted octanol–water partition coefficient (Wildman–Crippen LogP) is 3.33. The van der Waals surface area contributed by atoms with Crippen LogP contribution in [0.3, 0.4) is 0 Å². The number of aromatic nitrogens is 2. The number of carbonyl (C=O) groups is 2. The predicted molar refractivity (Wildman–Crippen MR) is 101 cm³/mol. The SMILES string of the molecule is CC(OC(=O)CCc1nc(-c2ccsc2)no1)C(=O)N(C)c1ccccc1. The van der Waals surface area contributed by atoms with Crippen molar-refractivity contribution in [3.8, 4) is 11.4 Å². The number of anilines is 1. The number of aryl methyl sites for hydroxylation is 1. The third-order valence-corrected chi connectivity index (χ3v) is 4.60. The summed E-state index contributed by atoms with van der Waals surface area (Å²) in [4.78, 5) is 30.2. The van der Waals surface area contributed by atoms with Crippen LogP contribution in [0.15, 0.2) is 51.7 Å². The van der Waals surface area contributed by atoms with Gasteiger partial charge >= 0.3 is 5.97 Å². The van der Waals surface area contributed by atoms with E-state index in [0.717, 1.165) is 11.3 Å². The van der Waals surface area contributed by atoms with Crippen molar-refractivity contribution < 1.29 is 18.8 Å². The molecule has 0 N–H and O–H groups in total. The maximum atomic E-state index is 12.4. The fourth-order valence-corrected chi connectivity index (χ4v) is 3.07. The number of amides is 1. The number of hydrogen-bond donors (Lipinski definition) is 0. The number of nitrogens with zero attached hydrogens (tertiary/aromatic N) is 3. The summed E-state index contributed by atoms with van der Waals surface area (Å²) in [7, 11) is 1.65. The van der Waals surface area contributed by atoms with Crippen molar-refractivity contribution in [2.24, 2.45) is 0 Å². The van der Waals surface area contributed by atoms with E-state index < -0.39 is 12.1 Å². The van der Waals surface area contributed by atoms with Crippen molar-refractivity contribution in [3.63, 3.8) is 0 Å². The molecule has 27 heavy (non-hydrogen) atoms. The summed E-state index contributed by atoms with van der Waals surface area (Å²) in [6.07, 6.45) is -0.574. The number of benzene rings is 1. The molecule has 0 saturated heterocycles. The van der Waals surface area contributed by atoms with Crippen LogP contribution in [0.4, 0.5) is 5.69 Å². The molecule has 0 radical (unpaired) electrons. The van der Waals surface area contributed by atoms with Gasteiger partial charge in [-0.1, -0.05) is 23.4 Å². The third-order valence-electron chi connectivity index (χ3n) is 3.92. The smallest absolute Gasteiger partial charge is 0.307 e. The van der Waals surface area contributed by atoms with Crippen molar-refractivity contribution in [1.82, 2.24) is 10.1 Å². The largest absolute Gasteiger partial charge is 0.453 e. The molecule has 7 nitrogen and oxygen atoms in total. The number of hydrogen-bond acceptors (Lipinski definition) is 7. The van der Waals surface area contributed by atoms with Crippen LogP contribution < -0.4 is 4.90 Å². The molecule has 1 unspecified atom stereocenters. The van der Waals surface area contributed by atoms with Gasteiger partial charge in [0.25, 0.3) is 5.91 Å². The number of thiophene rings is 1. The van der Waals surface area contributed by atoms with Crippen molar-refractivity contribution >= 4 is 28.9 Å². The number of likely N-dealkylation sites (N-methyl/N-ethyl adjacent to an activating group) is 1. The van der Waals surface area contributed by atoms with Crippen LogP contribution in [0.25, 0.3) is 11.4 Å². The lowest BCUT2D eigenvalue weighted by atomic mass is 10.2. The summed E-state index contributed by atoms with van der Waals surface area (Å²) in [6.45, 7) is 1.56. The van der Waals surface area contributed by atoms with E-state index in [4.69, 9.17) is 9.26 Å². The van der Waals surface area contributed by atoms with E-state index in [-0.39, 0.29) is 18.7 Å². The van der Waals surface area contributed by atoms with Gasteiger partial charge in [-0.2, -0.15) is 16.3 Å². The summed E-state index contributed by atoms with van der Waals surface area (Å²) in [5, 5.41) is 7.73. The highest BCUT2D eigenvalue weighted by Gasteiger charge is 2.22. The van der Waals surface area contributed by atoms with Gasteiger partial charge in [-0.25, -0.2) is 0 Å². The minimum absolute atomic E-state index is 0.0535. The lowest BCUT2D eigenvalue weighted by molar-refractivity contribution is -0.153. The molecule has 1 amide bonds. The van der Waals surface area contributed by atoms with Crippen LogP contribution in [0.1, 0.15) is 19.2 Å². The van der Waals surface area contributed by atoms with Gasteiger partial charge in [0, 0.05) is 30.1 Å². The molecule has 3 aromatic rings. The Morgan fingerprint density at radius 1 is 1.26 bits per heavy atom. The number of carbonyl (C=O) groups excluding carboxylic acids is 2. The van der Waals surface area contributed by atoms with Crippen molar-refractivity contribution in [3.05, 3.63) is 53.0 Å². The number of esters is 1. The molecule has 2 aromatic heterocycles. The van der Waals surface area contributed by atoms with Gasteiger partial charge in [-0.3, -0.25) is 9.59 Å². The molecule has 0 bridgehead atoms. The quantitative estimate of drug-likeness (QED) is 0.580. The van der Waals surface area contributed by atoms with Crippen molar-refractivity contribution in [2.75, 3.05) is 11.9 Å². The molecule has 1 aromatic carbocycles. The lowest BCUT2D eigenvalue weighted by Crippen LogP contribution is -2.37. The Hall–Kier alpha value is -3.00. The summed E-state index contributed by atoms with van der Waals surface area (Å²) in [5.74, 6) is 0.0564. The minimum atomic E-state index is -0.883. The van der Waals surface area contributed by atoms with Crippen molar-refractivity contribution in [2.45, 2.75) is 25.9 Å². The molecule has 140 valence electrons. The Balaban J connectivity index is 1.49. The van der Waals surface area contributed by atoms with Gasteiger partial charge in [0.2, 0.25) is 11.7 Å². The standard InChI is InChI=1S/C19H19N3O4S/c1-13(19(24)22(2)15-6-4-3-5-7-15)25-17(23)9-8-16-20-18(21-26-16)14-10-11-27-12-14/h3-7,10-13H,8-9H2,1-2H3. The van der Waals surface area contributed by atoms with Gasteiger partial charge in [-0.05, 0) is 30.5 Å². The van der Waals surface area contributed by atoms with E-state index in [1.807, 2.05) is 47.2 Å². The van der Waals surface area contributed by atoms with Crippen LogP contribution in [-0.2, 0) is 20.7 Å². The highest BCUT2D eigenvalue weighted by molar-refractivity contribution is 7.08. The Kier molecular flexibility index (Phi) is 5.97. The molecule has 0 spiro atoms. The fourth-order valence-electron chi connectivity index (χ4n) is 2.43. The maximum Gasteiger partial charge on any atom is 0.307 e. The molecular formula is C19H19N3O4S. The molecule has 0 aliphatic rings. The highest BCUT2D eigenvalue weighted by atomic mass is 32.1.